The van der Waals surface area contributed by atoms with Crippen LogP contribution in [-0.2, 0) is 0 Å². The van der Waals surface area contributed by atoms with Gasteiger partial charge in [0.2, 0.25) is 5.82 Å². The van der Waals surface area contributed by atoms with E-state index in [1.807, 2.05) is 13.8 Å². The molecule has 1 aromatic carbocycles. The summed E-state index contributed by atoms with van der Waals surface area (Å²) in [6.45, 7) is 3.95. The average molecular weight is 263 g/mol. The molecule has 0 heterocycles. The maximum atomic E-state index is 13.1. The molecule has 2 atom stereocenters. The summed E-state index contributed by atoms with van der Waals surface area (Å²) in [5, 5.41) is 10.6. The summed E-state index contributed by atoms with van der Waals surface area (Å²) in [4.78, 5) is 9.83. The number of halogens is 2. The Morgan fingerprint density at radius 2 is 2.12 bits per heavy atom. The quantitative estimate of drug-likeness (QED) is 0.669. The van der Waals surface area contributed by atoms with Crippen molar-refractivity contribution < 1.29 is 9.31 Å². The third-order valence-corrected chi connectivity index (χ3v) is 2.81. The fourth-order valence-corrected chi connectivity index (χ4v) is 1.46. The van der Waals surface area contributed by atoms with Gasteiger partial charge in [-0.3, -0.25) is 10.1 Å². The van der Waals surface area contributed by atoms with Crippen molar-refractivity contribution in [2.24, 2.45) is 11.7 Å². The molecule has 0 bridgehead atoms. The molecule has 0 radical (unpaired) electrons. The van der Waals surface area contributed by atoms with E-state index < -0.39 is 16.4 Å². The van der Waals surface area contributed by atoms with Crippen LogP contribution in [0.25, 0.3) is 0 Å². The van der Waals surface area contributed by atoms with Gasteiger partial charge in [0.25, 0.3) is 0 Å². The summed E-state index contributed by atoms with van der Waals surface area (Å²) < 4.78 is 13.1. The third-order valence-electron chi connectivity index (χ3n) is 2.81. The number of hydrogen-bond acceptors (Lipinski definition) is 3. The molecule has 2 N–H and O–H groups in total. The van der Waals surface area contributed by atoms with E-state index in [1.165, 1.54) is 12.1 Å². The Morgan fingerprint density at radius 1 is 1.53 bits per heavy atom. The van der Waals surface area contributed by atoms with Gasteiger partial charge in [-0.15, -0.1) is 12.4 Å². The van der Waals surface area contributed by atoms with Gasteiger partial charge in [0.15, 0.2) is 0 Å². The minimum absolute atomic E-state index is 0. The lowest BCUT2D eigenvalue weighted by molar-refractivity contribution is -0.387. The van der Waals surface area contributed by atoms with Gasteiger partial charge in [0.1, 0.15) is 0 Å². The Bertz CT molecular complexity index is 401. The number of nitrogens with two attached hydrogens (primary N) is 1. The average Bonchev–Trinajstić information content (AvgIpc) is 2.27. The van der Waals surface area contributed by atoms with Gasteiger partial charge in [-0.2, -0.15) is 4.39 Å². The van der Waals surface area contributed by atoms with Crippen molar-refractivity contribution in [3.8, 4) is 0 Å². The van der Waals surface area contributed by atoms with Gasteiger partial charge in [-0.05, 0) is 17.5 Å². The van der Waals surface area contributed by atoms with Crippen molar-refractivity contribution in [3.63, 3.8) is 0 Å². The number of benzene rings is 1. The van der Waals surface area contributed by atoms with Crippen molar-refractivity contribution >= 4 is 18.1 Å². The van der Waals surface area contributed by atoms with Gasteiger partial charge in [0.05, 0.1) is 4.92 Å². The highest BCUT2D eigenvalue weighted by Gasteiger charge is 2.19. The van der Waals surface area contributed by atoms with E-state index in [0.29, 0.717) is 5.56 Å². The minimum Gasteiger partial charge on any atom is -0.324 e. The van der Waals surface area contributed by atoms with E-state index in [4.69, 9.17) is 5.73 Å². The normalized spacial score (nSPS) is 13.6. The van der Waals surface area contributed by atoms with E-state index in [2.05, 4.69) is 0 Å². The molecule has 1 rings (SSSR count). The lowest BCUT2D eigenvalue weighted by Gasteiger charge is -2.18. The first-order valence-electron chi connectivity index (χ1n) is 5.16. The zero-order chi connectivity index (χ0) is 12.3. The van der Waals surface area contributed by atoms with Gasteiger partial charge < -0.3 is 5.73 Å². The van der Waals surface area contributed by atoms with E-state index in [9.17, 15) is 14.5 Å². The van der Waals surface area contributed by atoms with E-state index >= 15 is 0 Å². The van der Waals surface area contributed by atoms with E-state index in [-0.39, 0.29) is 24.4 Å². The van der Waals surface area contributed by atoms with Crippen LogP contribution in [0.4, 0.5) is 10.1 Å². The summed E-state index contributed by atoms with van der Waals surface area (Å²) in [5.41, 5.74) is 6.01. The van der Waals surface area contributed by atoms with Crippen molar-refractivity contribution in [3.05, 3.63) is 39.7 Å². The molecule has 0 spiro atoms. The largest absolute Gasteiger partial charge is 0.324 e. The summed E-state index contributed by atoms with van der Waals surface area (Å²) >= 11 is 0. The van der Waals surface area contributed by atoms with Crippen LogP contribution in [0.15, 0.2) is 18.2 Å². The predicted octanol–water partition coefficient (Wildman–Crippen LogP) is 3.20. The molecular formula is C11H16ClFN2O2. The number of nitro benzene ring substituents is 1. The third kappa shape index (κ3) is 3.64. The zero-order valence-corrected chi connectivity index (χ0v) is 10.5. The highest BCUT2D eigenvalue weighted by molar-refractivity contribution is 5.85. The predicted molar refractivity (Wildman–Crippen MR) is 66.7 cm³/mol. The van der Waals surface area contributed by atoms with E-state index in [1.54, 1.807) is 0 Å². The second-order valence-corrected chi connectivity index (χ2v) is 3.88. The minimum atomic E-state index is -0.829. The molecule has 1 unspecified atom stereocenters. The van der Waals surface area contributed by atoms with Crippen LogP contribution in [0, 0.1) is 21.8 Å². The second-order valence-electron chi connectivity index (χ2n) is 3.88. The number of nitrogens with zero attached hydrogens (tertiary/aromatic N) is 1. The molecule has 96 valence electrons. The SMILES string of the molecule is CCC(C)[C@H](N)c1ccc(F)c([N+](=O)[O-])c1.Cl. The molecule has 17 heavy (non-hydrogen) atoms. The summed E-state index contributed by atoms with van der Waals surface area (Å²) in [5.74, 6) is -0.629. The first kappa shape index (κ1) is 15.8. The first-order valence-corrected chi connectivity index (χ1v) is 5.16. The molecule has 4 nitrogen and oxygen atoms in total. The Morgan fingerprint density at radius 3 is 2.59 bits per heavy atom. The Hall–Kier alpha value is -1.20. The lowest BCUT2D eigenvalue weighted by Crippen LogP contribution is -2.18. The maximum Gasteiger partial charge on any atom is 0.305 e. The van der Waals surface area contributed by atoms with Gasteiger partial charge >= 0.3 is 5.69 Å². The first-order chi connectivity index (χ1) is 7.47. The second kappa shape index (κ2) is 6.51. The van der Waals surface area contributed by atoms with Crippen LogP contribution in [0.5, 0.6) is 0 Å². The summed E-state index contributed by atoms with van der Waals surface area (Å²) in [6.07, 6.45) is 0.867. The fourth-order valence-electron chi connectivity index (χ4n) is 1.46. The van der Waals surface area contributed by atoms with Crippen molar-refractivity contribution in [1.29, 1.82) is 0 Å². The molecule has 0 fully saturated rings. The summed E-state index contributed by atoms with van der Waals surface area (Å²) in [7, 11) is 0. The van der Waals surface area contributed by atoms with Crippen molar-refractivity contribution in [1.82, 2.24) is 0 Å². The Labute approximate surface area is 106 Å². The van der Waals surface area contributed by atoms with Crippen LogP contribution >= 0.6 is 12.4 Å². The van der Waals surface area contributed by atoms with Crippen LogP contribution in [-0.4, -0.2) is 4.92 Å². The van der Waals surface area contributed by atoms with Gasteiger partial charge in [-0.1, -0.05) is 26.3 Å². The molecule has 0 aliphatic rings. The van der Waals surface area contributed by atoms with E-state index in [0.717, 1.165) is 12.5 Å². The van der Waals surface area contributed by atoms with Gasteiger partial charge in [0, 0.05) is 12.1 Å². The maximum absolute atomic E-state index is 13.1. The Balaban J connectivity index is 0.00000256. The molecule has 0 saturated carbocycles. The van der Waals surface area contributed by atoms with Crippen LogP contribution < -0.4 is 5.73 Å². The highest BCUT2D eigenvalue weighted by Crippen LogP contribution is 2.26. The topological polar surface area (TPSA) is 69.2 Å². The fraction of sp³-hybridized carbons (Fsp3) is 0.455. The molecule has 0 saturated heterocycles. The van der Waals surface area contributed by atoms with Crippen LogP contribution in [0.2, 0.25) is 0 Å². The number of rotatable bonds is 4. The monoisotopic (exact) mass is 262 g/mol. The molecule has 1 aromatic rings. The molecule has 0 aromatic heterocycles. The smallest absolute Gasteiger partial charge is 0.305 e. The number of nitro groups is 1. The zero-order valence-electron chi connectivity index (χ0n) is 9.72. The lowest BCUT2D eigenvalue weighted by atomic mass is 9.93. The van der Waals surface area contributed by atoms with Crippen LogP contribution in [0.3, 0.4) is 0 Å². The molecule has 6 heteroatoms. The standard InChI is InChI=1S/C11H15FN2O2.ClH/c1-3-7(2)11(13)8-4-5-9(12)10(6-8)14(15)16;/h4-7,11H,3,13H2,1-2H3;1H/t7?,11-;/m0./s1. The molecular weight excluding hydrogens is 247 g/mol. The highest BCUT2D eigenvalue weighted by atomic mass is 35.5. The summed E-state index contributed by atoms with van der Waals surface area (Å²) in [6, 6.07) is 3.50. The molecule has 0 aliphatic heterocycles. The van der Waals surface area contributed by atoms with Gasteiger partial charge in [-0.25, -0.2) is 0 Å². The van der Waals surface area contributed by atoms with Crippen molar-refractivity contribution in [2.45, 2.75) is 26.3 Å². The number of hydrogen-bond donors (Lipinski definition) is 1. The molecule has 0 aliphatic carbocycles. The Kier molecular flexibility index (Phi) is 6.05. The van der Waals surface area contributed by atoms with Crippen LogP contribution in [0.1, 0.15) is 31.9 Å². The van der Waals surface area contributed by atoms with Crippen molar-refractivity contribution in [2.75, 3.05) is 0 Å². The molecule has 0 amide bonds.